The molecule has 1 aromatic heterocycles. The summed E-state index contributed by atoms with van der Waals surface area (Å²) >= 11 is 0. The molecule has 2 aromatic rings. The maximum atomic E-state index is 13.2. The fraction of sp³-hybridized carbons (Fsp3) is 0.462. The van der Waals surface area contributed by atoms with E-state index in [0.717, 1.165) is 0 Å². The second-order valence-corrected chi connectivity index (χ2v) is 4.89. The van der Waals surface area contributed by atoms with Crippen LogP contribution in [0.3, 0.4) is 0 Å². The van der Waals surface area contributed by atoms with Gasteiger partial charge >= 0.3 is 6.18 Å². The van der Waals surface area contributed by atoms with Crippen molar-refractivity contribution in [1.82, 2.24) is 9.55 Å². The van der Waals surface area contributed by atoms with Crippen molar-refractivity contribution in [3.05, 3.63) is 24.0 Å². The number of imidazole rings is 1. The predicted octanol–water partition coefficient (Wildman–Crippen LogP) is 2.99. The Balaban J connectivity index is 2.20. The second kappa shape index (κ2) is 4.66. The molecular formula is C13H14F3N3O. The van der Waals surface area contributed by atoms with Gasteiger partial charge in [-0.05, 0) is 31.0 Å². The zero-order valence-electron chi connectivity index (χ0n) is 10.7. The molecule has 3 rings (SSSR count). The number of halogens is 3. The van der Waals surface area contributed by atoms with E-state index in [1.54, 1.807) is 12.1 Å². The summed E-state index contributed by atoms with van der Waals surface area (Å²) in [5.41, 5.74) is 6.78. The molecule has 4 nitrogen and oxygen atoms in total. The van der Waals surface area contributed by atoms with Crippen LogP contribution < -0.4 is 5.73 Å². The van der Waals surface area contributed by atoms with E-state index in [0.29, 0.717) is 37.3 Å². The van der Waals surface area contributed by atoms with E-state index in [1.165, 1.54) is 10.6 Å². The highest BCUT2D eigenvalue weighted by Crippen LogP contribution is 2.36. The molecule has 1 aliphatic rings. The largest absolute Gasteiger partial charge is 0.449 e. The molecule has 0 unspecified atom stereocenters. The Labute approximate surface area is 113 Å². The van der Waals surface area contributed by atoms with Gasteiger partial charge in [-0.2, -0.15) is 13.2 Å². The average molecular weight is 285 g/mol. The monoisotopic (exact) mass is 285 g/mol. The third-order valence-corrected chi connectivity index (χ3v) is 3.52. The molecule has 0 spiro atoms. The minimum Gasteiger partial charge on any atom is -0.399 e. The summed E-state index contributed by atoms with van der Waals surface area (Å²) < 4.78 is 46.1. The smallest absolute Gasteiger partial charge is 0.399 e. The topological polar surface area (TPSA) is 53.1 Å². The molecule has 0 bridgehead atoms. The quantitative estimate of drug-likeness (QED) is 0.819. The molecule has 0 saturated carbocycles. The molecule has 7 heteroatoms. The lowest BCUT2D eigenvalue weighted by Gasteiger charge is -2.26. The van der Waals surface area contributed by atoms with Crippen molar-refractivity contribution in [2.75, 3.05) is 18.9 Å². The van der Waals surface area contributed by atoms with E-state index in [-0.39, 0.29) is 11.6 Å². The SMILES string of the molecule is Nc1ccc2c(c1)nc(C(F)(F)F)n2C1CCOCC1. The van der Waals surface area contributed by atoms with Gasteiger partial charge in [-0.1, -0.05) is 0 Å². The fourth-order valence-corrected chi connectivity index (χ4v) is 2.63. The highest BCUT2D eigenvalue weighted by Gasteiger charge is 2.39. The number of ether oxygens (including phenoxy) is 1. The summed E-state index contributed by atoms with van der Waals surface area (Å²) in [6.07, 6.45) is -3.37. The van der Waals surface area contributed by atoms with Gasteiger partial charge in [-0.15, -0.1) is 0 Å². The molecule has 1 aromatic carbocycles. The van der Waals surface area contributed by atoms with Gasteiger partial charge in [0, 0.05) is 24.9 Å². The molecule has 108 valence electrons. The summed E-state index contributed by atoms with van der Waals surface area (Å²) in [4.78, 5) is 3.74. The van der Waals surface area contributed by atoms with Gasteiger partial charge in [-0.25, -0.2) is 4.98 Å². The first-order valence-electron chi connectivity index (χ1n) is 6.39. The Bertz CT molecular complexity index is 630. The van der Waals surface area contributed by atoms with Gasteiger partial charge in [0.25, 0.3) is 0 Å². The standard InChI is InChI=1S/C13H14F3N3O/c14-13(15,16)12-18-10-7-8(17)1-2-11(10)19(12)9-3-5-20-6-4-9/h1-2,7,9H,3-6,17H2. The van der Waals surface area contributed by atoms with Crippen LogP contribution in [-0.2, 0) is 10.9 Å². The van der Waals surface area contributed by atoms with Crippen molar-refractivity contribution in [3.63, 3.8) is 0 Å². The van der Waals surface area contributed by atoms with E-state index in [4.69, 9.17) is 10.5 Å². The molecule has 20 heavy (non-hydrogen) atoms. The summed E-state index contributed by atoms with van der Waals surface area (Å²) in [5, 5.41) is 0. The van der Waals surface area contributed by atoms with Crippen molar-refractivity contribution in [1.29, 1.82) is 0 Å². The third kappa shape index (κ3) is 2.22. The van der Waals surface area contributed by atoms with Crippen LogP contribution in [0.2, 0.25) is 0 Å². The van der Waals surface area contributed by atoms with Gasteiger partial charge in [0.05, 0.1) is 11.0 Å². The number of anilines is 1. The first kappa shape index (κ1) is 13.2. The normalized spacial score (nSPS) is 17.8. The number of nitrogen functional groups attached to an aromatic ring is 1. The Morgan fingerprint density at radius 2 is 1.95 bits per heavy atom. The summed E-state index contributed by atoms with van der Waals surface area (Å²) in [5.74, 6) is -0.856. The van der Waals surface area contributed by atoms with Crippen LogP contribution in [0, 0.1) is 0 Å². The van der Waals surface area contributed by atoms with Crippen molar-refractivity contribution in [2.24, 2.45) is 0 Å². The molecule has 0 radical (unpaired) electrons. The number of aromatic nitrogens is 2. The van der Waals surface area contributed by atoms with Crippen LogP contribution in [0.5, 0.6) is 0 Å². The maximum absolute atomic E-state index is 13.2. The Hall–Kier alpha value is -1.76. The molecule has 1 aliphatic heterocycles. The number of benzene rings is 1. The Morgan fingerprint density at radius 1 is 1.25 bits per heavy atom. The molecule has 2 N–H and O–H groups in total. The van der Waals surface area contributed by atoms with Crippen molar-refractivity contribution < 1.29 is 17.9 Å². The molecular weight excluding hydrogens is 271 g/mol. The number of fused-ring (bicyclic) bond motifs is 1. The van der Waals surface area contributed by atoms with E-state index in [9.17, 15) is 13.2 Å². The van der Waals surface area contributed by atoms with E-state index in [1.807, 2.05) is 0 Å². The first-order chi connectivity index (χ1) is 9.47. The lowest BCUT2D eigenvalue weighted by Crippen LogP contribution is -2.24. The van der Waals surface area contributed by atoms with Gasteiger partial charge in [-0.3, -0.25) is 0 Å². The summed E-state index contributed by atoms with van der Waals surface area (Å²) in [7, 11) is 0. The van der Waals surface area contributed by atoms with Crippen LogP contribution in [-0.4, -0.2) is 22.8 Å². The minimum atomic E-state index is -4.48. The van der Waals surface area contributed by atoms with Crippen LogP contribution >= 0.6 is 0 Å². The third-order valence-electron chi connectivity index (χ3n) is 3.52. The average Bonchev–Trinajstić information content (AvgIpc) is 2.78. The highest BCUT2D eigenvalue weighted by atomic mass is 19.4. The number of alkyl halides is 3. The number of nitrogens with zero attached hydrogens (tertiary/aromatic N) is 2. The number of hydrogen-bond acceptors (Lipinski definition) is 3. The predicted molar refractivity (Wildman–Crippen MR) is 68.2 cm³/mol. The highest BCUT2D eigenvalue weighted by molar-refractivity contribution is 5.80. The van der Waals surface area contributed by atoms with Crippen LogP contribution in [0.15, 0.2) is 18.2 Å². The number of nitrogens with two attached hydrogens (primary N) is 1. The van der Waals surface area contributed by atoms with E-state index >= 15 is 0 Å². The molecule has 0 amide bonds. The maximum Gasteiger partial charge on any atom is 0.449 e. The molecule has 0 aliphatic carbocycles. The van der Waals surface area contributed by atoms with Gasteiger partial charge < -0.3 is 15.0 Å². The fourth-order valence-electron chi connectivity index (χ4n) is 2.63. The minimum absolute atomic E-state index is 0.242. The summed E-state index contributed by atoms with van der Waals surface area (Å²) in [6, 6.07) is 4.43. The summed E-state index contributed by atoms with van der Waals surface area (Å²) in [6.45, 7) is 0.938. The molecule has 1 saturated heterocycles. The van der Waals surface area contributed by atoms with Crippen LogP contribution in [0.4, 0.5) is 18.9 Å². The molecule has 0 atom stereocenters. The van der Waals surface area contributed by atoms with Gasteiger partial charge in [0.1, 0.15) is 0 Å². The Kier molecular flexibility index (Phi) is 3.08. The first-order valence-corrected chi connectivity index (χ1v) is 6.39. The number of hydrogen-bond donors (Lipinski definition) is 1. The van der Waals surface area contributed by atoms with Crippen molar-refractivity contribution >= 4 is 16.7 Å². The van der Waals surface area contributed by atoms with Crippen LogP contribution in [0.1, 0.15) is 24.7 Å². The zero-order valence-corrected chi connectivity index (χ0v) is 10.7. The van der Waals surface area contributed by atoms with Crippen molar-refractivity contribution in [2.45, 2.75) is 25.1 Å². The zero-order chi connectivity index (χ0) is 14.3. The Morgan fingerprint density at radius 3 is 2.60 bits per heavy atom. The second-order valence-electron chi connectivity index (χ2n) is 4.89. The number of rotatable bonds is 1. The van der Waals surface area contributed by atoms with E-state index in [2.05, 4.69) is 4.98 Å². The molecule has 1 fully saturated rings. The van der Waals surface area contributed by atoms with Gasteiger partial charge in [0.15, 0.2) is 0 Å². The lowest BCUT2D eigenvalue weighted by atomic mass is 10.1. The molecule has 2 heterocycles. The van der Waals surface area contributed by atoms with Crippen molar-refractivity contribution in [3.8, 4) is 0 Å². The van der Waals surface area contributed by atoms with E-state index < -0.39 is 12.0 Å². The lowest BCUT2D eigenvalue weighted by molar-refractivity contribution is -0.148. The van der Waals surface area contributed by atoms with Crippen LogP contribution in [0.25, 0.3) is 11.0 Å². The van der Waals surface area contributed by atoms with Gasteiger partial charge in [0.2, 0.25) is 5.82 Å².